The van der Waals surface area contributed by atoms with Crippen molar-refractivity contribution in [1.82, 2.24) is 5.06 Å². The van der Waals surface area contributed by atoms with Crippen molar-refractivity contribution in [3.8, 4) is 0 Å². The molecule has 1 amide bonds. The predicted octanol–water partition coefficient (Wildman–Crippen LogP) is 4.94. The first-order chi connectivity index (χ1) is 13.1. The Bertz CT molecular complexity index is 746. The van der Waals surface area contributed by atoms with Gasteiger partial charge in [0, 0.05) is 6.42 Å². The van der Waals surface area contributed by atoms with E-state index < -0.39 is 0 Å². The van der Waals surface area contributed by atoms with Crippen LogP contribution in [-0.2, 0) is 19.2 Å². The Kier molecular flexibility index (Phi) is 7.05. The zero-order valence-corrected chi connectivity index (χ0v) is 18.2. The van der Waals surface area contributed by atoms with Gasteiger partial charge >= 0.3 is 0 Å². The number of carbonyl (C=O) groups is 2. The Hall–Kier alpha value is -2.14. The average molecular weight is 388 g/mol. The standard InChI is InChI=1S/C23H33NO4/c1-15(2)18-8-10-19(11-9-18)17(4)24(27-7)21(26)14-28-22-16(3)12-23(5,6)13-20(22)25/h8-11,15,17H,12-14H2,1-7H3. The van der Waals surface area contributed by atoms with Crippen molar-refractivity contribution in [2.24, 2.45) is 5.41 Å². The van der Waals surface area contributed by atoms with E-state index in [1.165, 1.54) is 17.7 Å². The van der Waals surface area contributed by atoms with Crippen molar-refractivity contribution < 1.29 is 19.2 Å². The van der Waals surface area contributed by atoms with Gasteiger partial charge in [-0.2, -0.15) is 0 Å². The molecule has 0 aromatic heterocycles. The Labute approximate surface area is 168 Å². The van der Waals surface area contributed by atoms with Gasteiger partial charge in [-0.15, -0.1) is 0 Å². The van der Waals surface area contributed by atoms with Crippen molar-refractivity contribution >= 4 is 11.7 Å². The molecule has 1 aromatic carbocycles. The molecule has 1 aliphatic rings. The van der Waals surface area contributed by atoms with E-state index in [0.717, 1.165) is 17.6 Å². The van der Waals surface area contributed by atoms with E-state index in [1.807, 2.05) is 26.0 Å². The number of ether oxygens (including phenoxy) is 1. The summed E-state index contributed by atoms with van der Waals surface area (Å²) in [5.41, 5.74) is 3.06. The van der Waals surface area contributed by atoms with E-state index in [0.29, 0.717) is 18.1 Å². The topological polar surface area (TPSA) is 55.8 Å². The second kappa shape index (κ2) is 8.91. The molecule has 0 saturated carbocycles. The van der Waals surface area contributed by atoms with Crippen molar-refractivity contribution in [1.29, 1.82) is 0 Å². The first-order valence-corrected chi connectivity index (χ1v) is 9.87. The molecular weight excluding hydrogens is 354 g/mol. The fourth-order valence-electron chi connectivity index (χ4n) is 3.79. The van der Waals surface area contributed by atoms with Gasteiger partial charge in [0.1, 0.15) is 0 Å². The minimum atomic E-state index is -0.319. The average Bonchev–Trinajstić information content (AvgIpc) is 2.60. The Morgan fingerprint density at radius 3 is 2.18 bits per heavy atom. The molecule has 5 nitrogen and oxygen atoms in total. The number of carbonyl (C=O) groups excluding carboxylic acids is 2. The molecular formula is C23H33NO4. The molecule has 1 aliphatic carbocycles. The number of allylic oxidation sites excluding steroid dienone is 2. The third-order valence-electron chi connectivity index (χ3n) is 5.24. The molecule has 0 heterocycles. The summed E-state index contributed by atoms with van der Waals surface area (Å²) in [5, 5.41) is 1.30. The molecule has 154 valence electrons. The number of Topliss-reactive ketones (excluding diaryl/α,β-unsaturated/α-hetero) is 1. The van der Waals surface area contributed by atoms with Crippen molar-refractivity contribution in [2.45, 2.75) is 66.3 Å². The van der Waals surface area contributed by atoms with Gasteiger partial charge in [-0.3, -0.25) is 14.4 Å². The van der Waals surface area contributed by atoms with E-state index >= 15 is 0 Å². The number of ketones is 1. The highest BCUT2D eigenvalue weighted by atomic mass is 16.7. The van der Waals surface area contributed by atoms with Gasteiger partial charge in [-0.05, 0) is 48.3 Å². The van der Waals surface area contributed by atoms with Crippen LogP contribution in [0.3, 0.4) is 0 Å². The van der Waals surface area contributed by atoms with E-state index in [2.05, 4.69) is 39.8 Å². The zero-order chi connectivity index (χ0) is 21.1. The second-order valence-electron chi connectivity index (χ2n) is 8.74. The maximum atomic E-state index is 12.7. The summed E-state index contributed by atoms with van der Waals surface area (Å²) >= 11 is 0. The highest BCUT2D eigenvalue weighted by Gasteiger charge is 2.33. The molecule has 0 N–H and O–H groups in total. The van der Waals surface area contributed by atoms with Gasteiger partial charge in [-0.25, -0.2) is 5.06 Å². The van der Waals surface area contributed by atoms with Crippen LogP contribution in [0, 0.1) is 5.41 Å². The molecule has 0 bridgehead atoms. The normalized spacial score (nSPS) is 17.6. The predicted molar refractivity (Wildman–Crippen MR) is 109 cm³/mol. The number of nitrogens with zero attached hydrogens (tertiary/aromatic N) is 1. The number of rotatable bonds is 7. The van der Waals surface area contributed by atoms with Crippen LogP contribution in [0.15, 0.2) is 35.6 Å². The van der Waals surface area contributed by atoms with Crippen molar-refractivity contribution in [3.05, 3.63) is 46.7 Å². The van der Waals surface area contributed by atoms with E-state index in [9.17, 15) is 9.59 Å². The molecule has 0 spiro atoms. The van der Waals surface area contributed by atoms with Crippen LogP contribution >= 0.6 is 0 Å². The lowest BCUT2D eigenvalue weighted by Gasteiger charge is -2.31. The van der Waals surface area contributed by atoms with E-state index in [1.54, 1.807) is 0 Å². The number of hydroxylamine groups is 2. The van der Waals surface area contributed by atoms with Gasteiger partial charge in [0.25, 0.3) is 5.91 Å². The minimum Gasteiger partial charge on any atom is -0.480 e. The highest BCUT2D eigenvalue weighted by Crippen LogP contribution is 2.36. The maximum Gasteiger partial charge on any atom is 0.284 e. The van der Waals surface area contributed by atoms with Gasteiger partial charge in [0.05, 0.1) is 13.2 Å². The lowest BCUT2D eigenvalue weighted by atomic mass is 9.76. The lowest BCUT2D eigenvalue weighted by Crippen LogP contribution is -2.36. The van der Waals surface area contributed by atoms with Crippen LogP contribution in [-0.4, -0.2) is 30.5 Å². The molecule has 0 fully saturated rings. The fraction of sp³-hybridized carbons (Fsp3) is 0.565. The molecule has 2 rings (SSSR count). The molecule has 0 radical (unpaired) electrons. The summed E-state index contributed by atoms with van der Waals surface area (Å²) < 4.78 is 5.64. The first kappa shape index (κ1) is 22.2. The third-order valence-corrected chi connectivity index (χ3v) is 5.24. The summed E-state index contributed by atoms with van der Waals surface area (Å²) in [6, 6.07) is 7.90. The molecule has 28 heavy (non-hydrogen) atoms. The Balaban J connectivity index is 2.06. The molecule has 0 aliphatic heterocycles. The van der Waals surface area contributed by atoms with Crippen LogP contribution in [0.25, 0.3) is 0 Å². The molecule has 0 saturated heterocycles. The summed E-state index contributed by atoms with van der Waals surface area (Å²) in [6.07, 6.45) is 1.22. The molecule has 5 heteroatoms. The number of amides is 1. The van der Waals surface area contributed by atoms with Gasteiger partial charge in [0.2, 0.25) is 0 Å². The van der Waals surface area contributed by atoms with Crippen LogP contribution in [0.1, 0.15) is 77.5 Å². The summed E-state index contributed by atoms with van der Waals surface area (Å²) in [6.45, 7) is 12.0. The van der Waals surface area contributed by atoms with Gasteiger partial charge in [0.15, 0.2) is 18.1 Å². The summed E-state index contributed by atoms with van der Waals surface area (Å²) in [5.74, 6) is 0.425. The van der Waals surface area contributed by atoms with Crippen LogP contribution < -0.4 is 0 Å². The van der Waals surface area contributed by atoms with Crippen LogP contribution in [0.5, 0.6) is 0 Å². The first-order valence-electron chi connectivity index (χ1n) is 9.87. The lowest BCUT2D eigenvalue weighted by molar-refractivity contribution is -0.191. The number of hydrogen-bond donors (Lipinski definition) is 0. The van der Waals surface area contributed by atoms with E-state index in [4.69, 9.17) is 9.57 Å². The van der Waals surface area contributed by atoms with Gasteiger partial charge in [-0.1, -0.05) is 52.0 Å². The SMILES string of the molecule is CON(C(=O)COC1=C(C)CC(C)(C)CC1=O)C(C)c1ccc(C(C)C)cc1. The smallest absolute Gasteiger partial charge is 0.284 e. The minimum absolute atomic E-state index is 0.0390. The third kappa shape index (κ3) is 5.22. The highest BCUT2D eigenvalue weighted by molar-refractivity contribution is 5.96. The monoisotopic (exact) mass is 387 g/mol. The molecule has 1 atom stereocenters. The molecule has 1 unspecified atom stereocenters. The summed E-state index contributed by atoms with van der Waals surface area (Å²) in [7, 11) is 1.47. The number of benzene rings is 1. The molecule has 1 aromatic rings. The van der Waals surface area contributed by atoms with Gasteiger partial charge < -0.3 is 4.74 Å². The van der Waals surface area contributed by atoms with Crippen LogP contribution in [0.4, 0.5) is 0 Å². The van der Waals surface area contributed by atoms with E-state index in [-0.39, 0.29) is 29.8 Å². The maximum absolute atomic E-state index is 12.7. The second-order valence-corrected chi connectivity index (χ2v) is 8.74. The van der Waals surface area contributed by atoms with Crippen molar-refractivity contribution in [2.75, 3.05) is 13.7 Å². The summed E-state index contributed by atoms with van der Waals surface area (Å²) in [4.78, 5) is 30.4. The largest absolute Gasteiger partial charge is 0.480 e. The Morgan fingerprint density at radius 2 is 1.68 bits per heavy atom. The van der Waals surface area contributed by atoms with Crippen molar-refractivity contribution in [3.63, 3.8) is 0 Å². The fourth-order valence-corrected chi connectivity index (χ4v) is 3.79. The van der Waals surface area contributed by atoms with Crippen LogP contribution in [0.2, 0.25) is 0 Å². The zero-order valence-electron chi connectivity index (χ0n) is 18.2. The Morgan fingerprint density at radius 1 is 1.11 bits per heavy atom. The quantitative estimate of drug-likeness (QED) is 0.622. The number of hydrogen-bond acceptors (Lipinski definition) is 4.